The lowest BCUT2D eigenvalue weighted by atomic mass is 10.1. The zero-order valence-electron chi connectivity index (χ0n) is 13.1. The molecule has 25 heavy (non-hydrogen) atoms. The predicted molar refractivity (Wildman–Crippen MR) is 94.6 cm³/mol. The smallest absolute Gasteiger partial charge is 0.279 e. The molecule has 3 aromatic rings. The fourth-order valence-electron chi connectivity index (χ4n) is 2.71. The number of anilines is 2. The number of aromatic nitrogens is 1. The quantitative estimate of drug-likeness (QED) is 0.627. The first-order valence-electron chi connectivity index (χ1n) is 7.52. The molecule has 3 N–H and O–H groups in total. The summed E-state index contributed by atoms with van der Waals surface area (Å²) in [4.78, 5) is 20.8. The fraction of sp³-hybridized carbons (Fsp3) is 0.0556. The average molecular weight is 351 g/mol. The normalized spacial score (nSPS) is 12.8. The van der Waals surface area contributed by atoms with Gasteiger partial charge < -0.3 is 15.5 Å². The van der Waals surface area contributed by atoms with Gasteiger partial charge in [0.25, 0.3) is 5.91 Å². The lowest BCUT2D eigenvalue weighted by Gasteiger charge is -2.06. The van der Waals surface area contributed by atoms with E-state index in [1.165, 1.54) is 11.3 Å². The monoisotopic (exact) mass is 351 g/mol. The van der Waals surface area contributed by atoms with Crippen molar-refractivity contribution >= 4 is 33.6 Å². The maximum Gasteiger partial charge on any atom is 0.279 e. The van der Waals surface area contributed by atoms with Crippen LogP contribution in [0.5, 0.6) is 11.6 Å². The molecule has 1 aliphatic heterocycles. The first-order chi connectivity index (χ1) is 12.0. The third-order valence-electron chi connectivity index (χ3n) is 3.90. The van der Waals surface area contributed by atoms with Crippen molar-refractivity contribution in [3.05, 3.63) is 63.5 Å². The van der Waals surface area contributed by atoms with Gasteiger partial charge in [0.15, 0.2) is 5.13 Å². The van der Waals surface area contributed by atoms with E-state index in [-0.39, 0.29) is 17.5 Å². The third kappa shape index (κ3) is 2.64. The minimum atomic E-state index is -0.382. The highest BCUT2D eigenvalue weighted by atomic mass is 32.1. The first kappa shape index (κ1) is 15.3. The topological polar surface area (TPSA) is 94.8 Å². The van der Waals surface area contributed by atoms with Crippen molar-refractivity contribution in [1.29, 1.82) is 0 Å². The molecule has 2 heterocycles. The second-order valence-corrected chi connectivity index (χ2v) is 6.60. The van der Waals surface area contributed by atoms with Crippen LogP contribution in [0.3, 0.4) is 0 Å². The molecule has 124 valence electrons. The number of hydrogen-bond donors (Lipinski definition) is 3. The van der Waals surface area contributed by atoms with Crippen molar-refractivity contribution in [3.63, 3.8) is 0 Å². The second kappa shape index (κ2) is 5.71. The van der Waals surface area contributed by atoms with Gasteiger partial charge >= 0.3 is 0 Å². The van der Waals surface area contributed by atoms with Crippen LogP contribution >= 0.6 is 11.3 Å². The van der Waals surface area contributed by atoms with Gasteiger partial charge in [-0.1, -0.05) is 29.5 Å². The molecule has 0 saturated carbocycles. The number of phenolic OH excluding ortho intramolecular Hbond substituents is 1. The van der Waals surface area contributed by atoms with E-state index in [0.717, 1.165) is 11.3 Å². The Bertz CT molecular complexity index is 1130. The van der Waals surface area contributed by atoms with Gasteiger partial charge in [0.05, 0.1) is 10.9 Å². The predicted octanol–water partition coefficient (Wildman–Crippen LogP) is 1.97. The van der Waals surface area contributed by atoms with Gasteiger partial charge in [-0.3, -0.25) is 4.79 Å². The molecule has 0 unspecified atom stereocenters. The van der Waals surface area contributed by atoms with Crippen molar-refractivity contribution in [2.24, 2.45) is 4.99 Å². The number of fused-ring (bicyclic) bond motifs is 1. The fourth-order valence-corrected chi connectivity index (χ4v) is 3.64. The Morgan fingerprint density at radius 1 is 1.12 bits per heavy atom. The minimum absolute atomic E-state index is 0.177. The van der Waals surface area contributed by atoms with Crippen LogP contribution in [-0.2, 0) is 4.79 Å². The number of para-hydroxylation sites is 1. The SMILES string of the molecule is Cc1cc(O)ccc1Nc1nc(O)c(C2=c3ccccc3=NC2=O)s1. The number of aryl methyl sites for hydroxylation is 1. The summed E-state index contributed by atoms with van der Waals surface area (Å²) in [5, 5.41) is 24.6. The highest BCUT2D eigenvalue weighted by molar-refractivity contribution is 7.17. The van der Waals surface area contributed by atoms with Crippen LogP contribution in [0.2, 0.25) is 0 Å². The second-order valence-electron chi connectivity index (χ2n) is 5.61. The van der Waals surface area contributed by atoms with Gasteiger partial charge in [0.1, 0.15) is 10.6 Å². The molecule has 0 fully saturated rings. The van der Waals surface area contributed by atoms with Crippen LogP contribution in [0.25, 0.3) is 5.57 Å². The number of carbonyl (C=O) groups excluding carboxylic acids is 1. The zero-order valence-corrected chi connectivity index (χ0v) is 14.0. The van der Waals surface area contributed by atoms with Gasteiger partial charge in [-0.25, -0.2) is 4.99 Å². The maximum absolute atomic E-state index is 12.3. The van der Waals surface area contributed by atoms with Crippen molar-refractivity contribution in [2.45, 2.75) is 6.92 Å². The van der Waals surface area contributed by atoms with E-state index < -0.39 is 0 Å². The van der Waals surface area contributed by atoms with E-state index in [0.29, 0.717) is 26.2 Å². The van der Waals surface area contributed by atoms with E-state index in [1.54, 1.807) is 30.3 Å². The van der Waals surface area contributed by atoms with Gasteiger partial charge in [-0.2, -0.15) is 4.98 Å². The molecule has 4 rings (SSSR count). The number of benzene rings is 2. The molecule has 0 radical (unpaired) electrons. The zero-order chi connectivity index (χ0) is 17.6. The Labute approximate surface area is 146 Å². The summed E-state index contributed by atoms with van der Waals surface area (Å²) < 4.78 is 0. The molecule has 0 bridgehead atoms. The molecule has 7 heteroatoms. The molecule has 1 aliphatic rings. The number of rotatable bonds is 3. The lowest BCUT2D eigenvalue weighted by molar-refractivity contribution is -0.112. The number of aromatic hydroxyl groups is 2. The molecule has 0 aliphatic carbocycles. The van der Waals surface area contributed by atoms with Crippen LogP contribution in [-0.4, -0.2) is 21.1 Å². The van der Waals surface area contributed by atoms with E-state index in [9.17, 15) is 15.0 Å². The Balaban J connectivity index is 1.78. The Hall–Kier alpha value is -3.19. The highest BCUT2D eigenvalue weighted by Crippen LogP contribution is 2.36. The van der Waals surface area contributed by atoms with E-state index in [2.05, 4.69) is 15.3 Å². The molecule has 1 amide bonds. The number of carbonyl (C=O) groups is 1. The number of nitrogens with zero attached hydrogens (tertiary/aromatic N) is 2. The average Bonchev–Trinajstić information content (AvgIpc) is 3.08. The van der Waals surface area contributed by atoms with Gasteiger partial charge in [-0.05, 0) is 36.8 Å². The highest BCUT2D eigenvalue weighted by Gasteiger charge is 2.24. The van der Waals surface area contributed by atoms with Gasteiger partial charge in [0, 0.05) is 10.9 Å². The summed E-state index contributed by atoms with van der Waals surface area (Å²) in [7, 11) is 0. The van der Waals surface area contributed by atoms with Crippen LogP contribution in [0.15, 0.2) is 47.5 Å². The van der Waals surface area contributed by atoms with Crippen molar-refractivity contribution in [2.75, 3.05) is 5.32 Å². The summed E-state index contributed by atoms with van der Waals surface area (Å²) in [6.07, 6.45) is 0. The summed E-state index contributed by atoms with van der Waals surface area (Å²) in [6.45, 7) is 1.85. The molecular weight excluding hydrogens is 338 g/mol. The maximum atomic E-state index is 12.3. The standard InChI is InChI=1S/C18H13N3O3S/c1-9-8-10(22)6-7-12(9)20-18-21-17(24)15(25-18)14-11-4-2-3-5-13(11)19-16(14)23/h2-8,22,24H,1H3,(H,20,21). The summed E-state index contributed by atoms with van der Waals surface area (Å²) in [5.74, 6) is -0.414. The Morgan fingerprint density at radius 3 is 2.72 bits per heavy atom. The number of hydrogen-bond acceptors (Lipinski definition) is 6. The minimum Gasteiger partial charge on any atom is -0.508 e. The summed E-state index contributed by atoms with van der Waals surface area (Å²) in [5.41, 5.74) is 1.95. The first-order valence-corrected chi connectivity index (χ1v) is 8.34. The molecular formula is C18H13N3O3S. The number of nitrogens with one attached hydrogen (secondary N) is 1. The van der Waals surface area contributed by atoms with Crippen LogP contribution in [0, 0.1) is 6.92 Å². The van der Waals surface area contributed by atoms with Crippen LogP contribution in [0.1, 0.15) is 10.4 Å². The molecule has 1 aromatic heterocycles. The summed E-state index contributed by atoms with van der Waals surface area (Å²) in [6, 6.07) is 12.1. The van der Waals surface area contributed by atoms with E-state index >= 15 is 0 Å². The van der Waals surface area contributed by atoms with Crippen molar-refractivity contribution < 1.29 is 15.0 Å². The number of thiazole rings is 1. The van der Waals surface area contributed by atoms with E-state index in [4.69, 9.17) is 0 Å². The molecule has 2 aromatic carbocycles. The number of amides is 1. The van der Waals surface area contributed by atoms with Crippen molar-refractivity contribution in [3.8, 4) is 11.6 Å². The number of phenols is 1. The largest absolute Gasteiger partial charge is 0.508 e. The third-order valence-corrected chi connectivity index (χ3v) is 4.87. The molecule has 0 spiro atoms. The van der Waals surface area contributed by atoms with Crippen molar-refractivity contribution in [1.82, 2.24) is 4.98 Å². The molecule has 0 atom stereocenters. The van der Waals surface area contributed by atoms with E-state index in [1.807, 2.05) is 19.1 Å². The van der Waals surface area contributed by atoms with Crippen LogP contribution < -0.4 is 15.9 Å². The molecule has 6 nitrogen and oxygen atoms in total. The Kier molecular flexibility index (Phi) is 3.51. The van der Waals surface area contributed by atoms with Gasteiger partial charge in [-0.15, -0.1) is 0 Å². The van der Waals surface area contributed by atoms with Crippen LogP contribution in [0.4, 0.5) is 10.8 Å². The summed E-state index contributed by atoms with van der Waals surface area (Å²) >= 11 is 1.18. The van der Waals surface area contributed by atoms with Gasteiger partial charge in [0.2, 0.25) is 5.88 Å². The Morgan fingerprint density at radius 2 is 1.92 bits per heavy atom. The molecule has 0 saturated heterocycles. The lowest BCUT2D eigenvalue weighted by Crippen LogP contribution is -2.22.